The van der Waals surface area contributed by atoms with Gasteiger partial charge in [0.25, 0.3) is 0 Å². The fraction of sp³-hybridized carbons (Fsp3) is 0.333. The number of nitrogens with zero attached hydrogens (tertiary/aromatic N) is 2. The normalized spacial score (nSPS) is 11.7. The summed E-state index contributed by atoms with van der Waals surface area (Å²) in [6, 6.07) is 3.37. The van der Waals surface area contributed by atoms with Gasteiger partial charge in [0, 0.05) is 17.4 Å². The first-order chi connectivity index (χ1) is 8.41. The third-order valence-electron chi connectivity index (χ3n) is 2.61. The van der Waals surface area contributed by atoms with E-state index in [2.05, 4.69) is 5.10 Å². The second-order valence-corrected chi connectivity index (χ2v) is 4.25. The Morgan fingerprint density at radius 1 is 1.33 bits per heavy atom. The Balaban J connectivity index is 2.72. The van der Waals surface area contributed by atoms with Crippen LogP contribution in [0.3, 0.4) is 0 Å². The van der Waals surface area contributed by atoms with Gasteiger partial charge in [-0.3, -0.25) is 4.79 Å². The Kier molecular flexibility index (Phi) is 3.11. The summed E-state index contributed by atoms with van der Waals surface area (Å²) in [7, 11) is 0. The number of carbonyl (C=O) groups excluding carboxylic acids is 1. The van der Waals surface area contributed by atoms with E-state index in [0.717, 1.165) is 12.1 Å². The van der Waals surface area contributed by atoms with E-state index < -0.39 is 12.4 Å². The lowest BCUT2D eigenvalue weighted by molar-refractivity contribution is 0.0606. The number of ketones is 1. The highest BCUT2D eigenvalue weighted by atomic mass is 19.3. The summed E-state index contributed by atoms with van der Waals surface area (Å²) < 4.78 is 39.0. The fourth-order valence-corrected chi connectivity index (χ4v) is 1.71. The van der Waals surface area contributed by atoms with Crippen LogP contribution in [-0.4, -0.2) is 15.6 Å². The number of benzene rings is 1. The number of hydrogen-bond donors (Lipinski definition) is 0. The molecule has 1 aromatic carbocycles. The van der Waals surface area contributed by atoms with Gasteiger partial charge in [0.2, 0.25) is 0 Å². The van der Waals surface area contributed by atoms with Crippen molar-refractivity contribution in [2.24, 2.45) is 5.92 Å². The van der Waals surface area contributed by atoms with Gasteiger partial charge in [0.1, 0.15) is 11.5 Å². The number of Topliss-reactive ketones (excluding diaryl/α,β-unsaturated/α-hetero) is 1. The van der Waals surface area contributed by atoms with E-state index >= 15 is 0 Å². The number of rotatable bonds is 3. The molecule has 0 saturated carbocycles. The zero-order chi connectivity index (χ0) is 13.4. The maximum atomic E-state index is 13.1. The van der Waals surface area contributed by atoms with Crippen LogP contribution in [0.1, 0.15) is 30.9 Å². The molecule has 0 amide bonds. The molecule has 0 aliphatic carbocycles. The molecule has 0 radical (unpaired) electrons. The van der Waals surface area contributed by atoms with Crippen LogP contribution in [0.2, 0.25) is 0 Å². The van der Waals surface area contributed by atoms with Gasteiger partial charge in [-0.2, -0.15) is 13.9 Å². The van der Waals surface area contributed by atoms with Crippen molar-refractivity contribution in [1.82, 2.24) is 9.78 Å². The lowest BCUT2D eigenvalue weighted by atomic mass is 10.0. The smallest absolute Gasteiger partial charge is 0.292 e. The summed E-state index contributed by atoms with van der Waals surface area (Å²) in [6.07, 6.45) is 0. The first-order valence-electron chi connectivity index (χ1n) is 5.42. The van der Waals surface area contributed by atoms with Gasteiger partial charge in [0.15, 0.2) is 5.78 Å². The maximum absolute atomic E-state index is 13.1. The number of fused-ring (bicyclic) bond motifs is 1. The Hall–Kier alpha value is -1.85. The number of halogens is 3. The number of carbonyl (C=O) groups is 1. The number of aromatic nitrogens is 2. The third-order valence-corrected chi connectivity index (χ3v) is 2.61. The number of hydrogen-bond acceptors (Lipinski definition) is 2. The molecule has 3 nitrogen and oxygen atoms in total. The van der Waals surface area contributed by atoms with Crippen LogP contribution >= 0.6 is 0 Å². The van der Waals surface area contributed by atoms with Crippen molar-refractivity contribution in [3.63, 3.8) is 0 Å². The quantitative estimate of drug-likeness (QED) is 0.789. The average molecular weight is 256 g/mol. The summed E-state index contributed by atoms with van der Waals surface area (Å²) in [4.78, 5) is 11.9. The minimum absolute atomic E-state index is 0.0414. The highest BCUT2D eigenvalue weighted by molar-refractivity contribution is 6.06. The van der Waals surface area contributed by atoms with Crippen molar-refractivity contribution >= 4 is 16.7 Å². The molecule has 0 atom stereocenters. The molecule has 2 aromatic rings. The summed E-state index contributed by atoms with van der Waals surface area (Å²) in [6.45, 7) is 0.390. The highest BCUT2D eigenvalue weighted by Gasteiger charge is 2.22. The summed E-state index contributed by atoms with van der Waals surface area (Å²) in [5.41, 5.74) is -0.116. The predicted octanol–water partition coefficient (Wildman–Crippen LogP) is 3.41. The molecule has 6 heteroatoms. The molecule has 96 valence electrons. The summed E-state index contributed by atoms with van der Waals surface area (Å²) in [5, 5.41) is 3.85. The molecule has 2 rings (SSSR count). The largest absolute Gasteiger partial charge is 0.333 e. The van der Waals surface area contributed by atoms with Crippen LogP contribution in [0.15, 0.2) is 18.2 Å². The summed E-state index contributed by atoms with van der Waals surface area (Å²) >= 11 is 0. The lowest BCUT2D eigenvalue weighted by Gasteiger charge is -2.00. The van der Waals surface area contributed by atoms with E-state index in [-0.39, 0.29) is 28.3 Å². The Bertz CT molecular complexity index is 605. The third kappa shape index (κ3) is 1.98. The summed E-state index contributed by atoms with van der Waals surface area (Å²) in [5.74, 6) is -1.35. The molecule has 0 bridgehead atoms. The molecular formula is C12H11F3N2O. The van der Waals surface area contributed by atoms with Crippen molar-refractivity contribution in [3.8, 4) is 0 Å². The average Bonchev–Trinajstić information content (AvgIpc) is 2.66. The molecule has 0 fully saturated rings. The standard InChI is InChI=1S/C12H11F3N2O/c1-6(2)11(18)10-8-4-3-7(13)5-9(8)17(16-10)12(14)15/h3-6,12H,1-2H3. The van der Waals surface area contributed by atoms with Gasteiger partial charge in [-0.1, -0.05) is 13.8 Å². The zero-order valence-corrected chi connectivity index (χ0v) is 9.82. The molecule has 0 saturated heterocycles. The molecule has 0 spiro atoms. The minimum Gasteiger partial charge on any atom is -0.292 e. The van der Waals surface area contributed by atoms with Crippen LogP contribution < -0.4 is 0 Å². The monoisotopic (exact) mass is 256 g/mol. The van der Waals surface area contributed by atoms with Crippen molar-refractivity contribution in [2.75, 3.05) is 0 Å². The predicted molar refractivity (Wildman–Crippen MR) is 60.1 cm³/mol. The van der Waals surface area contributed by atoms with Crippen LogP contribution in [0.5, 0.6) is 0 Å². The van der Waals surface area contributed by atoms with Crippen LogP contribution in [-0.2, 0) is 0 Å². The van der Waals surface area contributed by atoms with E-state index in [0.29, 0.717) is 4.68 Å². The second-order valence-electron chi connectivity index (χ2n) is 4.25. The molecule has 18 heavy (non-hydrogen) atoms. The van der Waals surface area contributed by atoms with E-state index in [4.69, 9.17) is 0 Å². The van der Waals surface area contributed by atoms with E-state index in [1.54, 1.807) is 13.8 Å². The van der Waals surface area contributed by atoms with Crippen LogP contribution in [0.4, 0.5) is 13.2 Å². The molecule has 0 N–H and O–H groups in total. The topological polar surface area (TPSA) is 34.9 Å². The maximum Gasteiger partial charge on any atom is 0.333 e. The van der Waals surface area contributed by atoms with Gasteiger partial charge >= 0.3 is 6.55 Å². The fourth-order valence-electron chi connectivity index (χ4n) is 1.71. The van der Waals surface area contributed by atoms with Crippen molar-refractivity contribution < 1.29 is 18.0 Å². The van der Waals surface area contributed by atoms with Crippen LogP contribution in [0.25, 0.3) is 10.9 Å². The molecule has 1 aromatic heterocycles. The SMILES string of the molecule is CC(C)C(=O)c1nn(C(F)F)c2cc(F)ccc12. The number of alkyl halides is 2. The highest BCUT2D eigenvalue weighted by Crippen LogP contribution is 2.25. The zero-order valence-electron chi connectivity index (χ0n) is 9.82. The Morgan fingerprint density at radius 3 is 2.56 bits per heavy atom. The van der Waals surface area contributed by atoms with Gasteiger partial charge < -0.3 is 0 Å². The lowest BCUT2D eigenvalue weighted by Crippen LogP contribution is -2.10. The first kappa shape index (κ1) is 12.6. The van der Waals surface area contributed by atoms with Crippen molar-refractivity contribution in [2.45, 2.75) is 20.4 Å². The van der Waals surface area contributed by atoms with E-state index in [1.165, 1.54) is 6.07 Å². The molecule has 0 aliphatic rings. The van der Waals surface area contributed by atoms with Crippen molar-refractivity contribution in [3.05, 3.63) is 29.7 Å². The van der Waals surface area contributed by atoms with Crippen LogP contribution in [0, 0.1) is 11.7 Å². The van der Waals surface area contributed by atoms with Gasteiger partial charge in [-0.25, -0.2) is 9.07 Å². The van der Waals surface area contributed by atoms with E-state index in [9.17, 15) is 18.0 Å². The van der Waals surface area contributed by atoms with E-state index in [1.807, 2.05) is 0 Å². The Labute approximate surface area is 101 Å². The molecule has 1 heterocycles. The molecule has 0 aliphatic heterocycles. The molecule has 0 unspecified atom stereocenters. The first-order valence-corrected chi connectivity index (χ1v) is 5.42. The Morgan fingerprint density at radius 2 is 2.00 bits per heavy atom. The van der Waals surface area contributed by atoms with Gasteiger partial charge in [-0.15, -0.1) is 0 Å². The second kappa shape index (κ2) is 4.44. The van der Waals surface area contributed by atoms with Gasteiger partial charge in [-0.05, 0) is 12.1 Å². The van der Waals surface area contributed by atoms with Gasteiger partial charge in [0.05, 0.1) is 5.52 Å². The molecular weight excluding hydrogens is 245 g/mol. The van der Waals surface area contributed by atoms with Crippen molar-refractivity contribution in [1.29, 1.82) is 0 Å². The minimum atomic E-state index is -2.91.